The fraction of sp³-hybridized carbons (Fsp3) is 0.462. The SMILES string of the molecule is CCOC(=O)C(O)c1ccc(CC)c(C)c1. The highest BCUT2D eigenvalue weighted by molar-refractivity contribution is 5.76. The van der Waals surface area contributed by atoms with E-state index in [1.54, 1.807) is 13.0 Å². The van der Waals surface area contributed by atoms with Crippen molar-refractivity contribution < 1.29 is 14.6 Å². The standard InChI is InChI=1S/C13H18O3/c1-4-10-6-7-11(8-9(10)3)12(14)13(15)16-5-2/h6-8,12,14H,4-5H2,1-3H3. The van der Waals surface area contributed by atoms with Gasteiger partial charge in [0.05, 0.1) is 6.61 Å². The topological polar surface area (TPSA) is 46.5 Å². The van der Waals surface area contributed by atoms with Gasteiger partial charge in [0.25, 0.3) is 0 Å². The Morgan fingerprint density at radius 2 is 2.12 bits per heavy atom. The number of benzene rings is 1. The van der Waals surface area contributed by atoms with Gasteiger partial charge in [-0.15, -0.1) is 0 Å². The Morgan fingerprint density at radius 1 is 1.44 bits per heavy atom. The number of ether oxygens (including phenoxy) is 1. The molecule has 1 rings (SSSR count). The summed E-state index contributed by atoms with van der Waals surface area (Å²) in [6.45, 7) is 6.04. The summed E-state index contributed by atoms with van der Waals surface area (Å²) in [5, 5.41) is 9.73. The van der Waals surface area contributed by atoms with E-state index in [9.17, 15) is 9.90 Å². The van der Waals surface area contributed by atoms with Crippen molar-refractivity contribution in [2.75, 3.05) is 6.61 Å². The summed E-state index contributed by atoms with van der Waals surface area (Å²) in [6.07, 6.45) is -0.230. The zero-order valence-corrected chi connectivity index (χ0v) is 9.99. The van der Waals surface area contributed by atoms with Gasteiger partial charge in [-0.3, -0.25) is 0 Å². The van der Waals surface area contributed by atoms with Gasteiger partial charge in [-0.05, 0) is 37.0 Å². The van der Waals surface area contributed by atoms with E-state index in [4.69, 9.17) is 4.74 Å². The molecule has 0 aliphatic heterocycles. The Bertz CT molecular complexity index is 371. The number of rotatable bonds is 4. The molecule has 1 N–H and O–H groups in total. The van der Waals surface area contributed by atoms with Crippen LogP contribution in [0.25, 0.3) is 0 Å². The van der Waals surface area contributed by atoms with Crippen molar-refractivity contribution in [2.45, 2.75) is 33.3 Å². The quantitative estimate of drug-likeness (QED) is 0.794. The number of carbonyl (C=O) groups excluding carboxylic acids is 1. The molecule has 0 fully saturated rings. The van der Waals surface area contributed by atoms with Crippen LogP contribution in [-0.2, 0) is 16.0 Å². The maximum Gasteiger partial charge on any atom is 0.339 e. The van der Waals surface area contributed by atoms with E-state index in [1.807, 2.05) is 19.1 Å². The summed E-state index contributed by atoms with van der Waals surface area (Å²) in [5.41, 5.74) is 2.90. The van der Waals surface area contributed by atoms with Crippen LogP contribution in [0.2, 0.25) is 0 Å². The number of hydrogen-bond acceptors (Lipinski definition) is 3. The van der Waals surface area contributed by atoms with Gasteiger partial charge in [0.1, 0.15) is 0 Å². The third kappa shape index (κ3) is 2.83. The van der Waals surface area contributed by atoms with Gasteiger partial charge in [-0.1, -0.05) is 25.1 Å². The first-order valence-corrected chi connectivity index (χ1v) is 5.54. The third-order valence-electron chi connectivity index (χ3n) is 2.57. The Labute approximate surface area is 96.1 Å². The largest absolute Gasteiger partial charge is 0.464 e. The van der Waals surface area contributed by atoms with Crippen LogP contribution in [-0.4, -0.2) is 17.7 Å². The predicted octanol–water partition coefficient (Wildman–Crippen LogP) is 2.15. The van der Waals surface area contributed by atoms with Crippen molar-refractivity contribution in [3.8, 4) is 0 Å². The van der Waals surface area contributed by atoms with Crippen molar-refractivity contribution in [3.05, 3.63) is 34.9 Å². The number of aliphatic hydroxyl groups is 1. The molecule has 0 amide bonds. The third-order valence-corrected chi connectivity index (χ3v) is 2.57. The van der Waals surface area contributed by atoms with Crippen LogP contribution < -0.4 is 0 Å². The molecule has 3 nitrogen and oxygen atoms in total. The highest BCUT2D eigenvalue weighted by Gasteiger charge is 2.18. The van der Waals surface area contributed by atoms with E-state index in [-0.39, 0.29) is 6.61 Å². The van der Waals surface area contributed by atoms with Gasteiger partial charge in [0.2, 0.25) is 0 Å². The molecule has 0 saturated heterocycles. The number of aryl methyl sites for hydroxylation is 2. The van der Waals surface area contributed by atoms with E-state index in [0.717, 1.165) is 12.0 Å². The van der Waals surface area contributed by atoms with Crippen LogP contribution in [0.5, 0.6) is 0 Å². The van der Waals surface area contributed by atoms with Crippen molar-refractivity contribution in [1.82, 2.24) is 0 Å². The van der Waals surface area contributed by atoms with E-state index < -0.39 is 12.1 Å². The molecular weight excluding hydrogens is 204 g/mol. The van der Waals surface area contributed by atoms with Crippen LogP contribution in [0.15, 0.2) is 18.2 Å². The Morgan fingerprint density at radius 3 is 2.62 bits per heavy atom. The lowest BCUT2D eigenvalue weighted by atomic mass is 10.0. The summed E-state index contributed by atoms with van der Waals surface area (Å²) < 4.78 is 4.77. The Kier molecular flexibility index (Phi) is 4.50. The molecule has 0 bridgehead atoms. The van der Waals surface area contributed by atoms with Gasteiger partial charge >= 0.3 is 5.97 Å². The molecule has 0 radical (unpaired) electrons. The number of carbonyl (C=O) groups is 1. The zero-order valence-electron chi connectivity index (χ0n) is 9.99. The van der Waals surface area contributed by atoms with E-state index in [0.29, 0.717) is 5.56 Å². The minimum Gasteiger partial charge on any atom is -0.464 e. The molecule has 0 saturated carbocycles. The first-order valence-electron chi connectivity index (χ1n) is 5.54. The first-order chi connectivity index (χ1) is 7.60. The average molecular weight is 222 g/mol. The molecule has 1 aromatic carbocycles. The van der Waals surface area contributed by atoms with Crippen LogP contribution in [0.3, 0.4) is 0 Å². The number of esters is 1. The molecule has 0 aliphatic carbocycles. The molecule has 1 atom stereocenters. The normalized spacial score (nSPS) is 12.2. The molecule has 16 heavy (non-hydrogen) atoms. The minimum atomic E-state index is -1.18. The summed E-state index contributed by atoms with van der Waals surface area (Å²) in [7, 11) is 0. The predicted molar refractivity (Wildman–Crippen MR) is 62.1 cm³/mol. The molecule has 0 aromatic heterocycles. The molecule has 0 aliphatic rings. The zero-order chi connectivity index (χ0) is 12.1. The molecular formula is C13H18O3. The van der Waals surface area contributed by atoms with E-state index in [2.05, 4.69) is 6.92 Å². The highest BCUT2D eigenvalue weighted by Crippen LogP contribution is 2.19. The van der Waals surface area contributed by atoms with E-state index >= 15 is 0 Å². The minimum absolute atomic E-state index is 0.280. The van der Waals surface area contributed by atoms with Crippen LogP contribution in [0, 0.1) is 6.92 Å². The molecule has 1 unspecified atom stereocenters. The van der Waals surface area contributed by atoms with Gasteiger partial charge < -0.3 is 9.84 Å². The summed E-state index contributed by atoms with van der Waals surface area (Å²) in [5.74, 6) is -0.592. The highest BCUT2D eigenvalue weighted by atomic mass is 16.5. The second-order valence-corrected chi connectivity index (χ2v) is 3.69. The fourth-order valence-electron chi connectivity index (χ4n) is 1.64. The Balaban J connectivity index is 2.88. The maximum atomic E-state index is 11.3. The summed E-state index contributed by atoms with van der Waals surface area (Å²) >= 11 is 0. The van der Waals surface area contributed by atoms with E-state index in [1.165, 1.54) is 5.56 Å². The monoisotopic (exact) mass is 222 g/mol. The van der Waals surface area contributed by atoms with Crippen molar-refractivity contribution in [1.29, 1.82) is 0 Å². The molecule has 1 aromatic rings. The maximum absolute atomic E-state index is 11.3. The van der Waals surface area contributed by atoms with Crippen LogP contribution in [0.4, 0.5) is 0 Å². The smallest absolute Gasteiger partial charge is 0.339 e. The number of aliphatic hydroxyl groups excluding tert-OH is 1. The molecule has 88 valence electrons. The lowest BCUT2D eigenvalue weighted by molar-refractivity contribution is -0.153. The van der Waals surface area contributed by atoms with Crippen molar-refractivity contribution in [3.63, 3.8) is 0 Å². The Hall–Kier alpha value is -1.35. The van der Waals surface area contributed by atoms with Crippen LogP contribution in [0.1, 0.15) is 36.6 Å². The second-order valence-electron chi connectivity index (χ2n) is 3.69. The van der Waals surface area contributed by atoms with Crippen molar-refractivity contribution >= 4 is 5.97 Å². The first kappa shape index (κ1) is 12.7. The lowest BCUT2D eigenvalue weighted by Gasteiger charge is -2.12. The second kappa shape index (κ2) is 5.66. The summed E-state index contributed by atoms with van der Waals surface area (Å²) in [4.78, 5) is 11.3. The van der Waals surface area contributed by atoms with Gasteiger partial charge in [-0.25, -0.2) is 4.79 Å². The van der Waals surface area contributed by atoms with Gasteiger partial charge in [-0.2, -0.15) is 0 Å². The fourth-order valence-corrected chi connectivity index (χ4v) is 1.64. The summed E-state index contributed by atoms with van der Waals surface area (Å²) in [6, 6.07) is 5.54. The lowest BCUT2D eigenvalue weighted by Crippen LogP contribution is -2.15. The molecule has 3 heteroatoms. The van der Waals surface area contributed by atoms with Gasteiger partial charge in [0.15, 0.2) is 6.10 Å². The van der Waals surface area contributed by atoms with Crippen molar-refractivity contribution in [2.24, 2.45) is 0 Å². The van der Waals surface area contributed by atoms with Crippen LogP contribution >= 0.6 is 0 Å². The average Bonchev–Trinajstić information content (AvgIpc) is 2.28. The molecule has 0 spiro atoms. The van der Waals surface area contributed by atoms with Gasteiger partial charge in [0, 0.05) is 0 Å². The number of hydrogen-bond donors (Lipinski definition) is 1. The molecule has 0 heterocycles.